The van der Waals surface area contributed by atoms with Crippen LogP contribution in [-0.2, 0) is 39.6 Å². The Bertz CT molecular complexity index is 1320. The van der Waals surface area contributed by atoms with Crippen LogP contribution in [0.3, 0.4) is 0 Å². The first-order valence-electron chi connectivity index (χ1n) is 16.3. The highest BCUT2D eigenvalue weighted by Crippen LogP contribution is 2.41. The van der Waals surface area contributed by atoms with Crippen LogP contribution in [0.4, 0.5) is 5.95 Å². The maximum atomic E-state index is 14.6. The highest BCUT2D eigenvalue weighted by molar-refractivity contribution is 7.54. The van der Waals surface area contributed by atoms with Gasteiger partial charge in [-0.25, -0.2) is 15.2 Å². The Kier molecular flexibility index (Phi) is 16.6. The molecule has 0 aliphatic rings. The number of fused-ring (bicyclic) bond motifs is 1. The summed E-state index contributed by atoms with van der Waals surface area (Å²) in [6.07, 6.45) is -2.40. The molecule has 0 saturated carbocycles. The molecule has 0 aliphatic heterocycles. The van der Waals surface area contributed by atoms with Crippen molar-refractivity contribution in [1.29, 1.82) is 0 Å². The minimum Gasteiger partial charge on any atom is -0.473 e. The molecule has 0 amide bonds. The lowest BCUT2D eigenvalue weighted by Crippen LogP contribution is -2.47. The van der Waals surface area contributed by atoms with Crippen LogP contribution >= 0.6 is 7.67 Å². The van der Waals surface area contributed by atoms with Crippen LogP contribution in [0, 0.1) is 11.8 Å². The molecule has 0 fully saturated rings. The predicted molar refractivity (Wildman–Crippen MR) is 178 cm³/mol. The van der Waals surface area contributed by atoms with E-state index < -0.39 is 56.6 Å². The highest BCUT2D eigenvalue weighted by atomic mass is 31.2. The van der Waals surface area contributed by atoms with Gasteiger partial charge in [0.15, 0.2) is 11.2 Å². The van der Waals surface area contributed by atoms with Gasteiger partial charge in [-0.2, -0.15) is 9.97 Å². The summed E-state index contributed by atoms with van der Waals surface area (Å²) in [5.74, 6) is -1.21. The second kappa shape index (κ2) is 19.3. The van der Waals surface area contributed by atoms with Gasteiger partial charge in [0.2, 0.25) is 11.8 Å². The molecule has 5 atom stereocenters. The van der Waals surface area contributed by atoms with E-state index in [2.05, 4.69) is 25.1 Å². The number of ether oxygens (including phenoxy) is 4. The molecule has 0 saturated heterocycles. The zero-order valence-electron chi connectivity index (χ0n) is 29.4. The smallest absolute Gasteiger partial charge is 0.342 e. The van der Waals surface area contributed by atoms with E-state index in [0.29, 0.717) is 5.52 Å². The third-order valence-corrected chi connectivity index (χ3v) is 8.54. The van der Waals surface area contributed by atoms with Crippen LogP contribution in [0.25, 0.3) is 11.2 Å². The largest absolute Gasteiger partial charge is 0.473 e. The number of aliphatic hydroxyl groups is 2. The summed E-state index contributed by atoms with van der Waals surface area (Å²) in [7, 11) is -4.32. The van der Waals surface area contributed by atoms with Crippen LogP contribution in [0.1, 0.15) is 75.2 Å². The van der Waals surface area contributed by atoms with Crippen molar-refractivity contribution in [3.63, 3.8) is 0 Å². The average Bonchev–Trinajstić information content (AvgIpc) is 3.38. The number of carbonyl (C=O) groups is 2. The van der Waals surface area contributed by atoms with Crippen molar-refractivity contribution in [3.05, 3.63) is 6.33 Å². The van der Waals surface area contributed by atoms with Crippen LogP contribution < -0.4 is 20.6 Å². The Morgan fingerprint density at radius 2 is 1.48 bits per heavy atom. The summed E-state index contributed by atoms with van der Waals surface area (Å²) in [6.45, 7) is 15.2. The zero-order valence-corrected chi connectivity index (χ0v) is 30.3. The van der Waals surface area contributed by atoms with Gasteiger partial charge in [0.05, 0.1) is 38.4 Å². The lowest BCUT2D eigenvalue weighted by atomic mass is 10.1. The number of carbonyl (C=O) groups excluding carboxylic acids is 2. The summed E-state index contributed by atoms with van der Waals surface area (Å²) in [5, 5.41) is 26.7. The van der Waals surface area contributed by atoms with E-state index in [1.807, 2.05) is 41.5 Å². The third kappa shape index (κ3) is 12.8. The molecule has 18 heteroatoms. The van der Waals surface area contributed by atoms with Gasteiger partial charge < -0.3 is 39.4 Å². The minimum atomic E-state index is -4.32. The lowest BCUT2D eigenvalue weighted by Gasteiger charge is -2.31. The van der Waals surface area contributed by atoms with E-state index in [0.717, 1.165) is 0 Å². The second-order valence-corrected chi connectivity index (χ2v) is 14.4. The monoisotopic (exact) mass is 703 g/mol. The topological polar surface area (TPSA) is 232 Å². The number of nitrogens with two attached hydrogens (primary N) is 1. The van der Waals surface area contributed by atoms with E-state index in [-0.39, 0.29) is 68.2 Å². The Morgan fingerprint density at radius 1 is 0.938 bits per heavy atom. The van der Waals surface area contributed by atoms with Gasteiger partial charge in [-0.3, -0.25) is 18.7 Å². The van der Waals surface area contributed by atoms with Crippen molar-refractivity contribution >= 4 is 36.7 Å². The summed E-state index contributed by atoms with van der Waals surface area (Å²) in [6, 6.07) is -2.15. The van der Waals surface area contributed by atoms with Gasteiger partial charge >= 0.3 is 19.6 Å². The molecule has 0 aliphatic carbocycles. The molecule has 0 spiro atoms. The quantitative estimate of drug-likeness (QED) is 0.0876. The Balaban J connectivity index is 2.44. The molecule has 0 bridgehead atoms. The summed E-state index contributed by atoms with van der Waals surface area (Å²) >= 11 is 0. The molecule has 2 heterocycles. The highest BCUT2D eigenvalue weighted by Gasteiger charge is 2.38. The molecule has 274 valence electrons. The minimum absolute atomic E-state index is 0.0145. The Labute approximate surface area is 282 Å². The molecule has 2 rings (SSSR count). The number of nitrogens with one attached hydrogen (secondary N) is 2. The number of hydrogen-bond acceptors (Lipinski definition) is 14. The molecule has 0 radical (unpaired) electrons. The van der Waals surface area contributed by atoms with E-state index in [9.17, 15) is 24.4 Å². The standard InChI is InChI=1S/C30H54N7O10P/c1-10-43-28(40)21(12-17(3)4)35-48(42,36-22(13-18(5)6)29(41)44-11-2)46-14-23(25(39)20(9)38)45-16-37-15-32-24-26(37)33-30(31)34-27(24)47-19(7)8/h15,17-23,25,38-39H,10-14,16H2,1-9H3,(H2,31,33,34)(H2,35,36,42)/t20?,21-,22-,23+,25+/m0/s1. The maximum absolute atomic E-state index is 14.6. The maximum Gasteiger partial charge on any atom is 0.342 e. The van der Waals surface area contributed by atoms with Gasteiger partial charge in [-0.05, 0) is 59.3 Å². The Hall–Kier alpha value is -2.92. The molecule has 1 unspecified atom stereocenters. The number of aliphatic hydroxyl groups excluding tert-OH is 2. The van der Waals surface area contributed by atoms with Crippen LogP contribution in [0.5, 0.6) is 5.88 Å². The summed E-state index contributed by atoms with van der Waals surface area (Å²) in [5.41, 5.74) is 6.51. The molecule has 48 heavy (non-hydrogen) atoms. The van der Waals surface area contributed by atoms with E-state index in [1.165, 1.54) is 17.8 Å². The van der Waals surface area contributed by atoms with Gasteiger partial charge in [-0.15, -0.1) is 0 Å². The number of anilines is 1. The van der Waals surface area contributed by atoms with Crippen LogP contribution in [0.15, 0.2) is 6.33 Å². The SMILES string of the molecule is CCOC(=O)[C@H](CC(C)C)NP(=O)(N[C@@H](CC(C)C)C(=O)OCC)OC[C@@H](OCn1cnc2c(OC(C)C)nc(N)nc21)[C@H](O)C(C)O. The van der Waals surface area contributed by atoms with Crippen molar-refractivity contribution in [2.45, 2.75) is 118 Å². The first kappa shape index (κ1) is 41.3. The number of rotatable bonds is 22. The number of imidazole rings is 1. The Morgan fingerprint density at radius 3 is 1.94 bits per heavy atom. The predicted octanol–water partition coefficient (Wildman–Crippen LogP) is 2.54. The van der Waals surface area contributed by atoms with Gasteiger partial charge in [0, 0.05) is 0 Å². The number of esters is 2. The fraction of sp³-hybridized carbons (Fsp3) is 0.767. The summed E-state index contributed by atoms with van der Waals surface area (Å²) < 4.78 is 44.1. The molecular weight excluding hydrogens is 649 g/mol. The first-order valence-corrected chi connectivity index (χ1v) is 17.9. The number of nitrogen functional groups attached to an aromatic ring is 1. The van der Waals surface area contributed by atoms with Crippen molar-refractivity contribution in [1.82, 2.24) is 29.7 Å². The fourth-order valence-electron chi connectivity index (χ4n) is 4.60. The molecule has 6 N–H and O–H groups in total. The molecule has 0 aromatic carbocycles. The average molecular weight is 704 g/mol. The number of aromatic nitrogens is 4. The van der Waals surface area contributed by atoms with Gasteiger partial charge in [0.25, 0.3) is 0 Å². The first-order chi connectivity index (χ1) is 22.5. The van der Waals surface area contributed by atoms with Crippen molar-refractivity contribution < 1.29 is 47.8 Å². The molecule has 2 aromatic heterocycles. The summed E-state index contributed by atoms with van der Waals surface area (Å²) in [4.78, 5) is 38.5. The molecule has 17 nitrogen and oxygen atoms in total. The lowest BCUT2D eigenvalue weighted by molar-refractivity contribution is -0.146. The second-order valence-electron chi connectivity index (χ2n) is 12.5. The van der Waals surface area contributed by atoms with Crippen LogP contribution in [0.2, 0.25) is 0 Å². The van der Waals surface area contributed by atoms with Gasteiger partial charge in [0.1, 0.15) is 31.0 Å². The van der Waals surface area contributed by atoms with Crippen LogP contribution in [-0.4, -0.2) is 98.0 Å². The van der Waals surface area contributed by atoms with E-state index >= 15 is 0 Å². The van der Waals surface area contributed by atoms with E-state index in [1.54, 1.807) is 13.8 Å². The van der Waals surface area contributed by atoms with E-state index in [4.69, 9.17) is 29.2 Å². The fourth-order valence-corrected chi connectivity index (χ4v) is 6.42. The van der Waals surface area contributed by atoms with Gasteiger partial charge in [-0.1, -0.05) is 27.7 Å². The van der Waals surface area contributed by atoms with Crippen molar-refractivity contribution in [3.8, 4) is 5.88 Å². The normalized spacial score (nSPS) is 15.5. The number of hydrogen-bond donors (Lipinski definition) is 5. The number of nitrogens with zero attached hydrogens (tertiary/aromatic N) is 4. The zero-order chi connectivity index (χ0) is 36.2. The molecular formula is C30H54N7O10P. The van der Waals surface area contributed by atoms with Crippen molar-refractivity contribution in [2.75, 3.05) is 25.6 Å². The third-order valence-electron chi connectivity index (χ3n) is 6.73. The van der Waals surface area contributed by atoms with Crippen molar-refractivity contribution in [2.24, 2.45) is 11.8 Å². The molecule has 2 aromatic rings.